The first-order chi connectivity index (χ1) is 9.33. The average Bonchev–Trinajstić information content (AvgIpc) is 2.46. The minimum Gasteiger partial charge on any atom is -0.370 e. The van der Waals surface area contributed by atoms with Crippen molar-refractivity contribution in [3.05, 3.63) is 18.2 Å². The van der Waals surface area contributed by atoms with Crippen LogP contribution in [0.15, 0.2) is 18.2 Å². The third-order valence-corrected chi connectivity index (χ3v) is 3.93. The number of pyridine rings is 1. The summed E-state index contributed by atoms with van der Waals surface area (Å²) in [6.07, 6.45) is 6.48. The topological polar surface area (TPSA) is 28.2 Å². The van der Waals surface area contributed by atoms with Crippen LogP contribution in [0.2, 0.25) is 0 Å². The number of hydrogen-bond donors (Lipinski definition) is 1. The molecule has 0 saturated carbocycles. The molecule has 1 saturated heterocycles. The van der Waals surface area contributed by atoms with E-state index in [4.69, 9.17) is 4.98 Å². The number of anilines is 2. The van der Waals surface area contributed by atoms with Crippen LogP contribution in [0.3, 0.4) is 0 Å². The van der Waals surface area contributed by atoms with E-state index in [9.17, 15) is 0 Å². The molecular weight excluding hydrogens is 234 g/mol. The lowest BCUT2D eigenvalue weighted by atomic mass is 9.92. The Labute approximate surface area is 117 Å². The van der Waals surface area contributed by atoms with Gasteiger partial charge >= 0.3 is 0 Å². The molecule has 106 valence electrons. The highest BCUT2D eigenvalue weighted by Crippen LogP contribution is 2.25. The Hall–Kier alpha value is -1.25. The van der Waals surface area contributed by atoms with Gasteiger partial charge in [-0.05, 0) is 37.3 Å². The standard InChI is InChI=1S/C16H27N3/c1-3-6-14-9-12-19(13-10-14)16-8-5-7-15(18-16)17-11-4-2/h5,7-8,14H,3-4,6,9-13H2,1-2H3,(H,17,18). The van der Waals surface area contributed by atoms with E-state index < -0.39 is 0 Å². The predicted octanol–water partition coefficient (Wildman–Crippen LogP) is 3.92. The summed E-state index contributed by atoms with van der Waals surface area (Å²) in [5.74, 6) is 3.08. The number of piperidine rings is 1. The summed E-state index contributed by atoms with van der Waals surface area (Å²) >= 11 is 0. The van der Waals surface area contributed by atoms with Crippen LogP contribution in [-0.2, 0) is 0 Å². The summed E-state index contributed by atoms with van der Waals surface area (Å²) in [5, 5.41) is 3.37. The molecule has 1 N–H and O–H groups in total. The normalized spacial score (nSPS) is 16.6. The Kier molecular flexibility index (Phi) is 5.49. The van der Waals surface area contributed by atoms with Gasteiger partial charge in [-0.3, -0.25) is 0 Å². The first kappa shape index (κ1) is 14.2. The number of aromatic nitrogens is 1. The molecule has 0 spiro atoms. The largest absolute Gasteiger partial charge is 0.370 e. The Morgan fingerprint density at radius 2 is 2.00 bits per heavy atom. The van der Waals surface area contributed by atoms with E-state index >= 15 is 0 Å². The molecular formula is C16H27N3. The molecule has 0 bridgehead atoms. The smallest absolute Gasteiger partial charge is 0.130 e. The van der Waals surface area contributed by atoms with Crippen molar-refractivity contribution in [3.8, 4) is 0 Å². The molecule has 0 aromatic carbocycles. The maximum absolute atomic E-state index is 4.72. The van der Waals surface area contributed by atoms with E-state index in [1.54, 1.807) is 0 Å². The van der Waals surface area contributed by atoms with Crippen LogP contribution in [0.4, 0.5) is 11.6 Å². The molecule has 0 aliphatic carbocycles. The van der Waals surface area contributed by atoms with Gasteiger partial charge in [-0.2, -0.15) is 0 Å². The Morgan fingerprint density at radius 3 is 2.68 bits per heavy atom. The molecule has 3 heteroatoms. The molecule has 0 radical (unpaired) electrons. The number of hydrogen-bond acceptors (Lipinski definition) is 3. The third kappa shape index (κ3) is 4.12. The van der Waals surface area contributed by atoms with Crippen molar-refractivity contribution in [2.24, 2.45) is 5.92 Å². The highest BCUT2D eigenvalue weighted by molar-refractivity contribution is 5.47. The lowest BCUT2D eigenvalue weighted by molar-refractivity contribution is 0.377. The van der Waals surface area contributed by atoms with Gasteiger partial charge in [0.15, 0.2) is 0 Å². The molecule has 3 nitrogen and oxygen atoms in total. The van der Waals surface area contributed by atoms with E-state index in [1.165, 1.54) is 25.7 Å². The van der Waals surface area contributed by atoms with Crippen LogP contribution < -0.4 is 10.2 Å². The van der Waals surface area contributed by atoms with Gasteiger partial charge in [-0.1, -0.05) is 32.8 Å². The second kappa shape index (κ2) is 7.37. The second-order valence-corrected chi connectivity index (χ2v) is 5.53. The summed E-state index contributed by atoms with van der Waals surface area (Å²) in [6.45, 7) is 7.78. The van der Waals surface area contributed by atoms with E-state index in [0.717, 1.165) is 43.6 Å². The highest BCUT2D eigenvalue weighted by atomic mass is 15.2. The Bertz CT molecular complexity index is 370. The number of rotatable bonds is 6. The Morgan fingerprint density at radius 1 is 1.21 bits per heavy atom. The first-order valence-corrected chi connectivity index (χ1v) is 7.79. The SMILES string of the molecule is CCCNc1cccc(N2CCC(CCC)CC2)n1. The molecule has 19 heavy (non-hydrogen) atoms. The zero-order valence-electron chi connectivity index (χ0n) is 12.4. The van der Waals surface area contributed by atoms with Crippen LogP contribution in [-0.4, -0.2) is 24.6 Å². The van der Waals surface area contributed by atoms with Crippen LogP contribution in [0.5, 0.6) is 0 Å². The van der Waals surface area contributed by atoms with Gasteiger partial charge in [0.2, 0.25) is 0 Å². The average molecular weight is 261 g/mol. The van der Waals surface area contributed by atoms with Crippen LogP contribution >= 0.6 is 0 Å². The molecule has 1 aromatic heterocycles. The van der Waals surface area contributed by atoms with Gasteiger partial charge in [0.1, 0.15) is 11.6 Å². The van der Waals surface area contributed by atoms with Crippen LogP contribution in [0.25, 0.3) is 0 Å². The summed E-state index contributed by atoms with van der Waals surface area (Å²) in [6, 6.07) is 6.30. The van der Waals surface area contributed by atoms with Crippen molar-refractivity contribution in [2.45, 2.75) is 46.0 Å². The predicted molar refractivity (Wildman–Crippen MR) is 82.9 cm³/mol. The fourth-order valence-corrected chi connectivity index (χ4v) is 2.81. The summed E-state index contributed by atoms with van der Waals surface area (Å²) < 4.78 is 0. The van der Waals surface area contributed by atoms with Crippen molar-refractivity contribution in [1.29, 1.82) is 0 Å². The van der Waals surface area contributed by atoms with Gasteiger partial charge in [-0.15, -0.1) is 0 Å². The second-order valence-electron chi connectivity index (χ2n) is 5.53. The molecule has 1 aliphatic rings. The molecule has 1 aliphatic heterocycles. The van der Waals surface area contributed by atoms with Crippen molar-refractivity contribution in [2.75, 3.05) is 29.9 Å². The quantitative estimate of drug-likeness (QED) is 0.841. The van der Waals surface area contributed by atoms with E-state index in [1.807, 2.05) is 0 Å². The van der Waals surface area contributed by atoms with E-state index in [2.05, 4.69) is 42.3 Å². The van der Waals surface area contributed by atoms with Crippen molar-refractivity contribution < 1.29 is 0 Å². The zero-order chi connectivity index (χ0) is 13.5. The van der Waals surface area contributed by atoms with Crippen molar-refractivity contribution in [3.63, 3.8) is 0 Å². The molecule has 2 rings (SSSR count). The van der Waals surface area contributed by atoms with Crippen LogP contribution in [0.1, 0.15) is 46.0 Å². The maximum Gasteiger partial charge on any atom is 0.130 e. The molecule has 2 heterocycles. The van der Waals surface area contributed by atoms with Gasteiger partial charge < -0.3 is 10.2 Å². The lowest BCUT2D eigenvalue weighted by Crippen LogP contribution is -2.34. The fourth-order valence-electron chi connectivity index (χ4n) is 2.81. The Balaban J connectivity index is 1.91. The van der Waals surface area contributed by atoms with Crippen LogP contribution in [0, 0.1) is 5.92 Å². The molecule has 0 atom stereocenters. The minimum absolute atomic E-state index is 0.933. The summed E-state index contributed by atoms with van der Waals surface area (Å²) in [4.78, 5) is 7.15. The number of nitrogens with one attached hydrogen (secondary N) is 1. The lowest BCUT2D eigenvalue weighted by Gasteiger charge is -2.32. The third-order valence-electron chi connectivity index (χ3n) is 3.93. The van der Waals surface area contributed by atoms with Crippen molar-refractivity contribution >= 4 is 11.6 Å². The highest BCUT2D eigenvalue weighted by Gasteiger charge is 2.19. The molecule has 1 fully saturated rings. The van der Waals surface area contributed by atoms with E-state index in [-0.39, 0.29) is 0 Å². The van der Waals surface area contributed by atoms with Crippen molar-refractivity contribution in [1.82, 2.24) is 4.98 Å². The minimum atomic E-state index is 0.933. The van der Waals surface area contributed by atoms with Gasteiger partial charge in [0.05, 0.1) is 0 Å². The number of nitrogens with zero attached hydrogens (tertiary/aromatic N) is 2. The van der Waals surface area contributed by atoms with E-state index in [0.29, 0.717) is 0 Å². The summed E-state index contributed by atoms with van der Waals surface area (Å²) in [7, 11) is 0. The first-order valence-electron chi connectivity index (χ1n) is 7.79. The van der Waals surface area contributed by atoms with Gasteiger partial charge in [0.25, 0.3) is 0 Å². The maximum atomic E-state index is 4.72. The summed E-state index contributed by atoms with van der Waals surface area (Å²) in [5.41, 5.74) is 0. The fraction of sp³-hybridized carbons (Fsp3) is 0.688. The molecule has 0 amide bonds. The molecule has 0 unspecified atom stereocenters. The molecule has 1 aromatic rings. The monoisotopic (exact) mass is 261 g/mol. The zero-order valence-corrected chi connectivity index (χ0v) is 12.4. The van der Waals surface area contributed by atoms with Gasteiger partial charge in [-0.25, -0.2) is 4.98 Å². The van der Waals surface area contributed by atoms with Gasteiger partial charge in [0, 0.05) is 19.6 Å².